The molecule has 1 amide bonds. The number of carbonyl (C=O) groups excluding carboxylic acids is 1. The van der Waals surface area contributed by atoms with Gasteiger partial charge in [0.25, 0.3) is 5.91 Å². The van der Waals surface area contributed by atoms with E-state index in [9.17, 15) is 4.79 Å². The summed E-state index contributed by atoms with van der Waals surface area (Å²) in [6.07, 6.45) is 7.78. The third-order valence-electron chi connectivity index (χ3n) is 5.32. The molecular weight excluding hydrogens is 376 g/mol. The first-order chi connectivity index (χ1) is 13.2. The van der Waals surface area contributed by atoms with E-state index in [4.69, 9.17) is 9.47 Å². The van der Waals surface area contributed by atoms with Crippen LogP contribution < -0.4 is 20.1 Å². The lowest BCUT2D eigenvalue weighted by Crippen LogP contribution is -2.37. The number of methoxy groups -OCH3 is 2. The first kappa shape index (κ1) is 22.3. The number of benzene rings is 2. The number of fused-ring (bicyclic) bond motifs is 1. The van der Waals surface area contributed by atoms with Crippen LogP contribution >= 0.6 is 12.4 Å². The summed E-state index contributed by atoms with van der Waals surface area (Å²) in [5, 5.41) is 8.40. The molecule has 5 nitrogen and oxygen atoms in total. The molecule has 154 valence electrons. The molecule has 0 saturated heterocycles. The van der Waals surface area contributed by atoms with Gasteiger partial charge in [-0.1, -0.05) is 49.9 Å². The quantitative estimate of drug-likeness (QED) is 0.531. The minimum absolute atomic E-state index is 0. The maximum atomic E-state index is 12.8. The first-order valence-electron chi connectivity index (χ1n) is 9.90. The predicted molar refractivity (Wildman–Crippen MR) is 116 cm³/mol. The number of carbonyl (C=O) groups is 1. The van der Waals surface area contributed by atoms with Crippen LogP contribution in [0.3, 0.4) is 0 Å². The van der Waals surface area contributed by atoms with Crippen molar-refractivity contribution in [2.75, 3.05) is 27.3 Å². The second-order valence-corrected chi connectivity index (χ2v) is 7.10. The van der Waals surface area contributed by atoms with Gasteiger partial charge in [0.15, 0.2) is 0 Å². The molecule has 2 aromatic rings. The van der Waals surface area contributed by atoms with E-state index in [-0.39, 0.29) is 18.3 Å². The molecule has 0 atom stereocenters. The van der Waals surface area contributed by atoms with Gasteiger partial charge in [-0.25, -0.2) is 0 Å². The van der Waals surface area contributed by atoms with Gasteiger partial charge in [-0.2, -0.15) is 0 Å². The minimum atomic E-state index is -0.140. The maximum Gasteiger partial charge on any atom is 0.255 e. The molecule has 6 heteroatoms. The summed E-state index contributed by atoms with van der Waals surface area (Å²) in [7, 11) is 3.21. The van der Waals surface area contributed by atoms with Crippen LogP contribution in [0.2, 0.25) is 0 Å². The molecule has 0 heterocycles. The van der Waals surface area contributed by atoms with Crippen LogP contribution in [0.25, 0.3) is 10.8 Å². The van der Waals surface area contributed by atoms with Gasteiger partial charge < -0.3 is 20.1 Å². The van der Waals surface area contributed by atoms with Gasteiger partial charge in [-0.3, -0.25) is 4.79 Å². The highest BCUT2D eigenvalue weighted by Gasteiger charge is 2.18. The number of nitrogens with one attached hydrogen (secondary N) is 2. The summed E-state index contributed by atoms with van der Waals surface area (Å²) in [5.41, 5.74) is 0.502. The molecular formula is C22H31ClN2O3. The number of halogens is 1. The molecule has 0 aliphatic heterocycles. The number of hydrogen-bond acceptors (Lipinski definition) is 4. The number of amides is 1. The molecule has 28 heavy (non-hydrogen) atoms. The zero-order valence-electron chi connectivity index (χ0n) is 16.8. The maximum absolute atomic E-state index is 12.8. The SMILES string of the molecule is COc1cc(C(=O)NCCNC2CCCCCC2)c(OC)c2ccccc12.Cl. The Morgan fingerprint density at radius 2 is 1.68 bits per heavy atom. The van der Waals surface area contributed by atoms with Crippen LogP contribution in [0.1, 0.15) is 48.9 Å². The fourth-order valence-corrected chi connectivity index (χ4v) is 3.90. The summed E-state index contributed by atoms with van der Waals surface area (Å²) in [6.45, 7) is 1.37. The highest BCUT2D eigenvalue weighted by Crippen LogP contribution is 2.36. The first-order valence-corrected chi connectivity index (χ1v) is 9.90. The molecule has 2 aromatic carbocycles. The highest BCUT2D eigenvalue weighted by molar-refractivity contribution is 6.06. The van der Waals surface area contributed by atoms with Crippen LogP contribution in [-0.2, 0) is 0 Å². The van der Waals surface area contributed by atoms with Crippen LogP contribution in [-0.4, -0.2) is 39.3 Å². The Labute approximate surface area is 173 Å². The molecule has 1 aliphatic rings. The van der Waals surface area contributed by atoms with Gasteiger partial charge in [0.1, 0.15) is 11.5 Å². The third-order valence-corrected chi connectivity index (χ3v) is 5.32. The van der Waals surface area contributed by atoms with Gasteiger partial charge in [0.05, 0.1) is 19.8 Å². The lowest BCUT2D eigenvalue weighted by molar-refractivity contribution is 0.0950. The lowest BCUT2D eigenvalue weighted by Gasteiger charge is -2.17. The summed E-state index contributed by atoms with van der Waals surface area (Å²) in [4.78, 5) is 12.8. The number of ether oxygens (including phenoxy) is 2. The van der Waals surface area contributed by atoms with Crippen LogP contribution in [0.15, 0.2) is 30.3 Å². The zero-order valence-corrected chi connectivity index (χ0v) is 17.6. The van der Waals surface area contributed by atoms with Crippen molar-refractivity contribution in [3.63, 3.8) is 0 Å². The third kappa shape index (κ3) is 5.30. The van der Waals surface area contributed by atoms with Crippen molar-refractivity contribution in [2.45, 2.75) is 44.6 Å². The summed E-state index contributed by atoms with van der Waals surface area (Å²) < 4.78 is 11.0. The van der Waals surface area contributed by atoms with E-state index < -0.39 is 0 Å². The Morgan fingerprint density at radius 3 is 2.32 bits per heavy atom. The number of rotatable bonds is 7. The summed E-state index contributed by atoms with van der Waals surface area (Å²) >= 11 is 0. The van der Waals surface area contributed by atoms with E-state index in [2.05, 4.69) is 10.6 Å². The van der Waals surface area contributed by atoms with Crippen LogP contribution in [0.4, 0.5) is 0 Å². The van der Waals surface area contributed by atoms with E-state index in [1.807, 2.05) is 24.3 Å². The molecule has 0 spiro atoms. The molecule has 3 rings (SSSR count). The van der Waals surface area contributed by atoms with Crippen LogP contribution in [0, 0.1) is 0 Å². The Balaban J connectivity index is 0.00000280. The van der Waals surface area contributed by atoms with E-state index in [0.717, 1.165) is 17.3 Å². The van der Waals surface area contributed by atoms with E-state index in [0.29, 0.717) is 29.6 Å². The average molecular weight is 407 g/mol. The highest BCUT2D eigenvalue weighted by atomic mass is 35.5. The second kappa shape index (κ2) is 11.1. The second-order valence-electron chi connectivity index (χ2n) is 7.10. The largest absolute Gasteiger partial charge is 0.496 e. The summed E-state index contributed by atoms with van der Waals surface area (Å²) in [5.74, 6) is 1.12. The summed E-state index contributed by atoms with van der Waals surface area (Å²) in [6, 6.07) is 10.1. The van der Waals surface area contributed by atoms with Crippen molar-refractivity contribution in [1.82, 2.24) is 10.6 Å². The van der Waals surface area contributed by atoms with E-state index in [1.165, 1.54) is 38.5 Å². The van der Waals surface area contributed by atoms with Gasteiger partial charge in [-0.15, -0.1) is 12.4 Å². The topological polar surface area (TPSA) is 59.6 Å². The van der Waals surface area contributed by atoms with Crippen molar-refractivity contribution in [3.05, 3.63) is 35.9 Å². The predicted octanol–water partition coefficient (Wildman–Crippen LogP) is 4.32. The van der Waals surface area contributed by atoms with Crippen molar-refractivity contribution in [3.8, 4) is 11.5 Å². The average Bonchev–Trinajstić information content (AvgIpc) is 2.98. The minimum Gasteiger partial charge on any atom is -0.496 e. The van der Waals surface area contributed by atoms with Crippen LogP contribution in [0.5, 0.6) is 11.5 Å². The molecule has 0 aromatic heterocycles. The van der Waals surface area contributed by atoms with Gasteiger partial charge in [-0.05, 0) is 18.9 Å². The molecule has 2 N–H and O–H groups in total. The van der Waals surface area contributed by atoms with E-state index in [1.54, 1.807) is 20.3 Å². The smallest absolute Gasteiger partial charge is 0.255 e. The van der Waals surface area contributed by atoms with Gasteiger partial charge in [0.2, 0.25) is 0 Å². The molecule has 0 radical (unpaired) electrons. The zero-order chi connectivity index (χ0) is 19.1. The van der Waals surface area contributed by atoms with E-state index >= 15 is 0 Å². The molecule has 1 saturated carbocycles. The number of hydrogen-bond donors (Lipinski definition) is 2. The molecule has 1 fully saturated rings. The molecule has 1 aliphatic carbocycles. The Bertz CT molecular complexity index is 774. The molecule has 0 bridgehead atoms. The van der Waals surface area contributed by atoms with Crippen molar-refractivity contribution < 1.29 is 14.3 Å². The fourth-order valence-electron chi connectivity index (χ4n) is 3.90. The molecule has 0 unspecified atom stereocenters. The Hall–Kier alpha value is -1.98. The van der Waals surface area contributed by atoms with Gasteiger partial charge in [0, 0.05) is 29.9 Å². The van der Waals surface area contributed by atoms with Crippen molar-refractivity contribution in [2.24, 2.45) is 0 Å². The standard InChI is InChI=1S/C22H30N2O3.ClH/c1-26-20-15-19(21(27-2)18-12-8-7-11-17(18)20)22(25)24-14-13-23-16-9-5-3-4-6-10-16;/h7-8,11-12,15-16,23H,3-6,9-10,13-14H2,1-2H3,(H,24,25);1H. The Morgan fingerprint density at radius 1 is 1.00 bits per heavy atom. The monoisotopic (exact) mass is 406 g/mol. The van der Waals surface area contributed by atoms with Crippen molar-refractivity contribution in [1.29, 1.82) is 0 Å². The fraction of sp³-hybridized carbons (Fsp3) is 0.500. The Kier molecular flexibility index (Phi) is 8.87. The lowest BCUT2D eigenvalue weighted by atomic mass is 10.0. The van der Waals surface area contributed by atoms with Crippen molar-refractivity contribution >= 4 is 29.1 Å². The van der Waals surface area contributed by atoms with Gasteiger partial charge >= 0.3 is 0 Å². The normalized spacial score (nSPS) is 14.8.